The number of esters is 1. The number of aromatic nitrogens is 4. The molecule has 0 bridgehead atoms. The number of ether oxygens (including phenoxy) is 1. The Kier molecular flexibility index (Phi) is 8.24. The van der Waals surface area contributed by atoms with Gasteiger partial charge in [-0.2, -0.15) is 4.68 Å². The molecule has 0 saturated heterocycles. The molecular weight excluding hydrogens is 480 g/mol. The van der Waals surface area contributed by atoms with Gasteiger partial charge in [0.15, 0.2) is 0 Å². The molecule has 0 aliphatic heterocycles. The van der Waals surface area contributed by atoms with Crippen LogP contribution >= 0.6 is 11.6 Å². The minimum absolute atomic E-state index is 0.0367. The van der Waals surface area contributed by atoms with Gasteiger partial charge in [0.2, 0.25) is 11.8 Å². The van der Waals surface area contributed by atoms with Gasteiger partial charge in [0, 0.05) is 22.3 Å². The molecule has 1 unspecified atom stereocenters. The van der Waals surface area contributed by atoms with Gasteiger partial charge in [0.05, 0.1) is 24.8 Å². The van der Waals surface area contributed by atoms with Crippen molar-refractivity contribution in [3.05, 3.63) is 71.0 Å². The molecule has 13 heteroatoms. The summed E-state index contributed by atoms with van der Waals surface area (Å²) in [5, 5.41) is 25.4. The van der Waals surface area contributed by atoms with E-state index in [1.54, 1.807) is 18.2 Å². The van der Waals surface area contributed by atoms with E-state index in [1.807, 2.05) is 0 Å². The molecule has 1 heterocycles. The number of hydrogen-bond donors (Lipinski definition) is 3. The molecule has 1 aromatic heterocycles. The predicted molar refractivity (Wildman–Crippen MR) is 124 cm³/mol. The van der Waals surface area contributed by atoms with Crippen molar-refractivity contribution in [2.24, 2.45) is 0 Å². The van der Waals surface area contributed by atoms with E-state index in [1.165, 1.54) is 47.4 Å². The van der Waals surface area contributed by atoms with Gasteiger partial charge in [-0.3, -0.25) is 14.4 Å². The lowest BCUT2D eigenvalue weighted by molar-refractivity contribution is -0.142. The van der Waals surface area contributed by atoms with Gasteiger partial charge < -0.3 is 20.5 Å². The van der Waals surface area contributed by atoms with Crippen LogP contribution < -0.4 is 10.6 Å². The minimum atomic E-state index is -1.27. The van der Waals surface area contributed by atoms with E-state index >= 15 is 0 Å². The number of nitrogens with one attached hydrogen (secondary N) is 2. The van der Waals surface area contributed by atoms with Crippen LogP contribution in [0.25, 0.3) is 11.8 Å². The monoisotopic (exact) mass is 498 g/mol. The standard InChI is InChI=1S/C22H19ClN6O6/c1-35-20(31)11-17(21(32)25-16-6-2-13(3-7-16)22(33)34)26-19(30)9-4-14-10-15(23)5-8-18(14)29-12-24-27-28-29/h2-10,12,17H,11H2,1H3,(H,25,32)(H,26,30)(H,33,34)/b9-4+. The van der Waals surface area contributed by atoms with Crippen LogP contribution in [0.5, 0.6) is 0 Å². The molecule has 180 valence electrons. The highest BCUT2D eigenvalue weighted by molar-refractivity contribution is 6.30. The molecular formula is C22H19ClN6O6. The Morgan fingerprint density at radius 2 is 1.91 bits per heavy atom. The number of benzene rings is 2. The van der Waals surface area contributed by atoms with Gasteiger partial charge >= 0.3 is 11.9 Å². The van der Waals surface area contributed by atoms with Crippen molar-refractivity contribution in [1.82, 2.24) is 25.5 Å². The first kappa shape index (κ1) is 25.1. The van der Waals surface area contributed by atoms with E-state index in [-0.39, 0.29) is 11.3 Å². The van der Waals surface area contributed by atoms with E-state index in [9.17, 15) is 19.2 Å². The van der Waals surface area contributed by atoms with Crippen LogP contribution in [0.15, 0.2) is 54.9 Å². The van der Waals surface area contributed by atoms with Gasteiger partial charge in [-0.15, -0.1) is 5.10 Å². The van der Waals surface area contributed by atoms with Crippen LogP contribution in [0.4, 0.5) is 5.69 Å². The third-order valence-electron chi connectivity index (χ3n) is 4.63. The minimum Gasteiger partial charge on any atom is -0.478 e. The summed E-state index contributed by atoms with van der Waals surface area (Å²) < 4.78 is 6.00. The van der Waals surface area contributed by atoms with E-state index in [0.717, 1.165) is 7.11 Å². The molecule has 35 heavy (non-hydrogen) atoms. The summed E-state index contributed by atoms with van der Waals surface area (Å²) in [5.41, 5.74) is 1.39. The third kappa shape index (κ3) is 6.95. The van der Waals surface area contributed by atoms with Crippen LogP contribution in [-0.4, -0.2) is 62.2 Å². The SMILES string of the molecule is COC(=O)CC(NC(=O)/C=C/c1cc(Cl)ccc1-n1cnnn1)C(=O)Nc1ccc(C(=O)O)cc1. The number of tetrazole rings is 1. The summed E-state index contributed by atoms with van der Waals surface area (Å²) in [6, 6.07) is 9.02. The molecule has 0 radical (unpaired) electrons. The van der Waals surface area contributed by atoms with Crippen LogP contribution in [0, 0.1) is 0 Å². The van der Waals surface area contributed by atoms with Crippen LogP contribution in [0.3, 0.4) is 0 Å². The van der Waals surface area contributed by atoms with E-state index in [0.29, 0.717) is 16.3 Å². The largest absolute Gasteiger partial charge is 0.478 e. The molecule has 2 amide bonds. The Morgan fingerprint density at radius 3 is 2.54 bits per heavy atom. The zero-order valence-corrected chi connectivity index (χ0v) is 19.0. The topological polar surface area (TPSA) is 165 Å². The maximum absolute atomic E-state index is 12.7. The highest BCUT2D eigenvalue weighted by Crippen LogP contribution is 2.20. The summed E-state index contributed by atoms with van der Waals surface area (Å²) >= 11 is 6.06. The van der Waals surface area contributed by atoms with Crippen molar-refractivity contribution in [2.75, 3.05) is 12.4 Å². The fraction of sp³-hybridized carbons (Fsp3) is 0.136. The molecule has 2 aromatic carbocycles. The molecule has 12 nitrogen and oxygen atoms in total. The van der Waals surface area contributed by atoms with E-state index < -0.39 is 36.2 Å². The van der Waals surface area contributed by atoms with Crippen LogP contribution in [-0.2, 0) is 19.1 Å². The number of rotatable bonds is 9. The summed E-state index contributed by atoms with van der Waals surface area (Å²) in [7, 11) is 1.16. The first-order valence-corrected chi connectivity index (χ1v) is 10.4. The lowest BCUT2D eigenvalue weighted by Gasteiger charge is -2.17. The summed E-state index contributed by atoms with van der Waals surface area (Å²) in [5.74, 6) is -3.20. The molecule has 0 spiro atoms. The molecule has 0 aliphatic carbocycles. The zero-order chi connectivity index (χ0) is 25.4. The predicted octanol–water partition coefficient (Wildman–Crippen LogP) is 1.71. The second-order valence-electron chi connectivity index (χ2n) is 7.00. The quantitative estimate of drug-likeness (QED) is 0.294. The number of aromatic carboxylic acids is 1. The van der Waals surface area contributed by atoms with Crippen molar-refractivity contribution in [2.45, 2.75) is 12.5 Å². The molecule has 3 aromatic rings. The third-order valence-corrected chi connectivity index (χ3v) is 4.87. The number of nitrogens with zero attached hydrogens (tertiary/aromatic N) is 4. The second kappa shape index (κ2) is 11.5. The number of amides is 2. The molecule has 3 rings (SSSR count). The number of anilines is 1. The lowest BCUT2D eigenvalue weighted by Crippen LogP contribution is -2.44. The first-order chi connectivity index (χ1) is 16.8. The molecule has 1 atom stereocenters. The molecule has 0 aliphatic rings. The van der Waals surface area contributed by atoms with Crippen molar-refractivity contribution in [3.63, 3.8) is 0 Å². The highest BCUT2D eigenvalue weighted by Gasteiger charge is 2.24. The number of methoxy groups -OCH3 is 1. The number of carboxylic acids is 1. The Hall–Kier alpha value is -4.58. The van der Waals surface area contributed by atoms with Gasteiger partial charge in [-0.05, 0) is 59.0 Å². The lowest BCUT2D eigenvalue weighted by atomic mass is 10.1. The van der Waals surface area contributed by atoms with Crippen molar-refractivity contribution in [1.29, 1.82) is 0 Å². The fourth-order valence-corrected chi connectivity index (χ4v) is 3.09. The average Bonchev–Trinajstić information content (AvgIpc) is 3.37. The maximum Gasteiger partial charge on any atom is 0.335 e. The van der Waals surface area contributed by atoms with E-state index in [4.69, 9.17) is 16.7 Å². The van der Waals surface area contributed by atoms with Crippen LogP contribution in [0.2, 0.25) is 5.02 Å². The van der Waals surface area contributed by atoms with Gasteiger partial charge in [-0.1, -0.05) is 11.6 Å². The number of carbonyl (C=O) groups is 4. The van der Waals surface area contributed by atoms with Crippen molar-refractivity contribution >= 4 is 47.1 Å². The Morgan fingerprint density at radius 1 is 1.17 bits per heavy atom. The number of carboxylic acid groups (broad SMARTS) is 1. The maximum atomic E-state index is 12.7. The second-order valence-corrected chi connectivity index (χ2v) is 7.44. The summed E-state index contributed by atoms with van der Waals surface area (Å²) in [4.78, 5) is 48.1. The molecule has 0 saturated carbocycles. The summed E-state index contributed by atoms with van der Waals surface area (Å²) in [6.45, 7) is 0. The Balaban J connectivity index is 1.74. The molecule has 0 fully saturated rings. The molecule has 3 N–H and O–H groups in total. The Bertz CT molecular complexity index is 1260. The smallest absolute Gasteiger partial charge is 0.335 e. The van der Waals surface area contributed by atoms with E-state index in [2.05, 4.69) is 30.9 Å². The fourth-order valence-electron chi connectivity index (χ4n) is 2.91. The van der Waals surface area contributed by atoms with Gasteiger partial charge in [-0.25, -0.2) is 4.79 Å². The van der Waals surface area contributed by atoms with Crippen LogP contribution in [0.1, 0.15) is 22.3 Å². The van der Waals surface area contributed by atoms with Gasteiger partial charge in [0.25, 0.3) is 0 Å². The van der Waals surface area contributed by atoms with Crippen molar-refractivity contribution in [3.8, 4) is 5.69 Å². The normalized spacial score (nSPS) is 11.6. The first-order valence-electron chi connectivity index (χ1n) is 9.99. The summed E-state index contributed by atoms with van der Waals surface area (Å²) in [6.07, 6.45) is 3.57. The van der Waals surface area contributed by atoms with Gasteiger partial charge in [0.1, 0.15) is 12.4 Å². The zero-order valence-electron chi connectivity index (χ0n) is 18.2. The Labute approximate surface area is 203 Å². The number of hydrogen-bond acceptors (Lipinski definition) is 8. The average molecular weight is 499 g/mol. The highest BCUT2D eigenvalue weighted by atomic mass is 35.5. The van der Waals surface area contributed by atoms with Crippen molar-refractivity contribution < 1.29 is 29.0 Å². The number of halogens is 1. The number of carbonyl (C=O) groups excluding carboxylic acids is 3.